The maximum Gasteiger partial charge on any atom is 0.327 e. The first-order valence-corrected chi connectivity index (χ1v) is 7.24. The largest absolute Gasteiger partial charge is 0.507 e. The van der Waals surface area contributed by atoms with Crippen LogP contribution < -0.4 is 5.32 Å². The number of hydrogen-bond acceptors (Lipinski definition) is 4. The highest BCUT2D eigenvalue weighted by molar-refractivity contribution is 9.10. The standard InChI is InChI=1S/C16H16BrNO3/c1-21-16(20)15(12-5-3-2-4-6-12)18-10-11-7-8-14(19)13(17)9-11/h2-9,15,18-19H,10H2,1H3. The summed E-state index contributed by atoms with van der Waals surface area (Å²) in [5, 5.41) is 12.7. The van der Waals surface area contributed by atoms with E-state index in [1.54, 1.807) is 12.1 Å². The fourth-order valence-electron chi connectivity index (χ4n) is 1.98. The van der Waals surface area contributed by atoms with Crippen LogP contribution in [0, 0.1) is 0 Å². The molecule has 0 aliphatic rings. The molecule has 0 amide bonds. The Morgan fingerprint density at radius 2 is 2.00 bits per heavy atom. The Labute approximate surface area is 131 Å². The summed E-state index contributed by atoms with van der Waals surface area (Å²) in [5.41, 5.74) is 1.80. The van der Waals surface area contributed by atoms with Gasteiger partial charge in [0.15, 0.2) is 0 Å². The number of phenolic OH excluding ortho intramolecular Hbond substituents is 1. The van der Waals surface area contributed by atoms with Crippen molar-refractivity contribution in [3.05, 3.63) is 64.1 Å². The van der Waals surface area contributed by atoms with Crippen molar-refractivity contribution >= 4 is 21.9 Å². The fraction of sp³-hybridized carbons (Fsp3) is 0.188. The van der Waals surface area contributed by atoms with Gasteiger partial charge in [-0.3, -0.25) is 5.32 Å². The molecule has 0 aromatic heterocycles. The van der Waals surface area contributed by atoms with Crippen LogP contribution >= 0.6 is 15.9 Å². The van der Waals surface area contributed by atoms with Crippen molar-refractivity contribution in [2.24, 2.45) is 0 Å². The Hall–Kier alpha value is -1.85. The van der Waals surface area contributed by atoms with E-state index in [2.05, 4.69) is 21.2 Å². The van der Waals surface area contributed by atoms with E-state index >= 15 is 0 Å². The molecule has 2 rings (SSSR count). The number of benzene rings is 2. The van der Waals surface area contributed by atoms with Crippen LogP contribution in [0.1, 0.15) is 17.2 Å². The molecular formula is C16H16BrNO3. The van der Waals surface area contributed by atoms with Crippen LogP contribution in [0.3, 0.4) is 0 Å². The molecule has 4 nitrogen and oxygen atoms in total. The average Bonchev–Trinajstić information content (AvgIpc) is 2.51. The molecule has 1 atom stereocenters. The van der Waals surface area contributed by atoms with Crippen LogP contribution in [0.25, 0.3) is 0 Å². The van der Waals surface area contributed by atoms with Crippen molar-refractivity contribution in [1.29, 1.82) is 0 Å². The van der Waals surface area contributed by atoms with Crippen LogP contribution in [0.4, 0.5) is 0 Å². The van der Waals surface area contributed by atoms with Crippen molar-refractivity contribution in [3.8, 4) is 5.75 Å². The van der Waals surface area contributed by atoms with Gasteiger partial charge in [-0.15, -0.1) is 0 Å². The van der Waals surface area contributed by atoms with Crippen LogP contribution in [0.15, 0.2) is 53.0 Å². The second-order valence-electron chi connectivity index (χ2n) is 4.53. The lowest BCUT2D eigenvalue weighted by Gasteiger charge is -2.17. The second-order valence-corrected chi connectivity index (χ2v) is 5.39. The Bertz CT molecular complexity index is 616. The quantitative estimate of drug-likeness (QED) is 0.814. The van der Waals surface area contributed by atoms with Gasteiger partial charge in [-0.2, -0.15) is 0 Å². The van der Waals surface area contributed by atoms with Gasteiger partial charge >= 0.3 is 5.97 Å². The summed E-state index contributed by atoms with van der Waals surface area (Å²) in [6.07, 6.45) is 0. The first-order valence-electron chi connectivity index (χ1n) is 6.45. The Morgan fingerprint density at radius 3 is 2.62 bits per heavy atom. The first-order chi connectivity index (χ1) is 10.1. The molecule has 0 spiro atoms. The van der Waals surface area contributed by atoms with E-state index in [0.717, 1.165) is 11.1 Å². The summed E-state index contributed by atoms with van der Waals surface area (Å²) < 4.78 is 5.47. The van der Waals surface area contributed by atoms with Crippen LogP contribution in [-0.2, 0) is 16.1 Å². The Morgan fingerprint density at radius 1 is 1.29 bits per heavy atom. The monoisotopic (exact) mass is 349 g/mol. The molecule has 0 aliphatic carbocycles. The smallest absolute Gasteiger partial charge is 0.327 e. The molecule has 1 unspecified atom stereocenters. The van der Waals surface area contributed by atoms with E-state index in [1.165, 1.54) is 7.11 Å². The van der Waals surface area contributed by atoms with E-state index in [0.29, 0.717) is 11.0 Å². The molecule has 110 valence electrons. The summed E-state index contributed by atoms with van der Waals surface area (Å²) in [5.74, 6) is -0.148. The van der Waals surface area contributed by atoms with E-state index < -0.39 is 6.04 Å². The van der Waals surface area contributed by atoms with E-state index in [4.69, 9.17) is 4.74 Å². The SMILES string of the molecule is COC(=O)C(NCc1ccc(O)c(Br)c1)c1ccccc1. The minimum absolute atomic E-state index is 0.186. The highest BCUT2D eigenvalue weighted by Gasteiger charge is 2.20. The molecule has 0 bridgehead atoms. The molecule has 21 heavy (non-hydrogen) atoms. The molecule has 2 aromatic rings. The van der Waals surface area contributed by atoms with Gasteiger partial charge in [-0.25, -0.2) is 4.79 Å². The molecule has 5 heteroatoms. The second kappa shape index (κ2) is 7.24. The molecule has 0 aliphatic heterocycles. The van der Waals surface area contributed by atoms with E-state index in [9.17, 15) is 9.90 Å². The van der Waals surface area contributed by atoms with Crippen molar-refractivity contribution < 1.29 is 14.6 Å². The number of aromatic hydroxyl groups is 1. The molecule has 2 N–H and O–H groups in total. The third-order valence-electron chi connectivity index (χ3n) is 3.09. The van der Waals surface area contributed by atoms with Crippen LogP contribution in [-0.4, -0.2) is 18.2 Å². The summed E-state index contributed by atoms with van der Waals surface area (Å²) in [4.78, 5) is 11.9. The number of carbonyl (C=O) groups excluding carboxylic acids is 1. The van der Waals surface area contributed by atoms with Crippen molar-refractivity contribution in [2.75, 3.05) is 7.11 Å². The number of halogens is 1. The van der Waals surface area contributed by atoms with Crippen LogP contribution in [0.5, 0.6) is 5.75 Å². The first kappa shape index (κ1) is 15.5. The lowest BCUT2D eigenvalue weighted by atomic mass is 10.1. The van der Waals surface area contributed by atoms with E-state index in [1.807, 2.05) is 36.4 Å². The summed E-state index contributed by atoms with van der Waals surface area (Å²) in [6.45, 7) is 0.480. The number of carbonyl (C=O) groups is 1. The zero-order valence-electron chi connectivity index (χ0n) is 11.5. The topological polar surface area (TPSA) is 58.6 Å². The van der Waals surface area contributed by atoms with Gasteiger partial charge in [0.2, 0.25) is 0 Å². The van der Waals surface area contributed by atoms with Crippen molar-refractivity contribution in [2.45, 2.75) is 12.6 Å². The lowest BCUT2D eigenvalue weighted by molar-refractivity contribution is -0.143. The molecule has 2 aromatic carbocycles. The summed E-state index contributed by atoms with van der Waals surface area (Å²) in [7, 11) is 1.37. The molecule has 0 radical (unpaired) electrons. The van der Waals surface area contributed by atoms with Crippen molar-refractivity contribution in [1.82, 2.24) is 5.32 Å². The van der Waals surface area contributed by atoms with Gasteiger partial charge in [-0.1, -0.05) is 36.4 Å². The number of methoxy groups -OCH3 is 1. The maximum absolute atomic E-state index is 11.9. The number of nitrogens with one attached hydrogen (secondary N) is 1. The Balaban J connectivity index is 2.12. The molecule has 0 saturated carbocycles. The average molecular weight is 350 g/mol. The zero-order valence-corrected chi connectivity index (χ0v) is 13.1. The van der Waals surface area contributed by atoms with E-state index in [-0.39, 0.29) is 11.7 Å². The highest BCUT2D eigenvalue weighted by atomic mass is 79.9. The highest BCUT2D eigenvalue weighted by Crippen LogP contribution is 2.24. The number of phenols is 1. The third-order valence-corrected chi connectivity index (χ3v) is 3.73. The number of esters is 1. The maximum atomic E-state index is 11.9. The Kier molecular flexibility index (Phi) is 5.36. The molecule has 0 heterocycles. The van der Waals surface area contributed by atoms with Gasteiger partial charge in [0.25, 0.3) is 0 Å². The fourth-order valence-corrected chi connectivity index (χ4v) is 2.41. The van der Waals surface area contributed by atoms with Crippen molar-refractivity contribution in [3.63, 3.8) is 0 Å². The molecule has 0 saturated heterocycles. The lowest BCUT2D eigenvalue weighted by Crippen LogP contribution is -2.29. The third kappa shape index (κ3) is 4.06. The molecular weight excluding hydrogens is 334 g/mol. The summed E-state index contributed by atoms with van der Waals surface area (Å²) in [6, 6.07) is 14.1. The van der Waals surface area contributed by atoms with Gasteiger partial charge in [0.1, 0.15) is 11.8 Å². The normalized spacial score (nSPS) is 11.9. The van der Waals surface area contributed by atoms with Gasteiger partial charge < -0.3 is 9.84 Å². The zero-order chi connectivity index (χ0) is 15.2. The number of rotatable bonds is 5. The number of hydrogen-bond donors (Lipinski definition) is 2. The van der Waals surface area contributed by atoms with Gasteiger partial charge in [0.05, 0.1) is 11.6 Å². The minimum Gasteiger partial charge on any atom is -0.507 e. The summed E-state index contributed by atoms with van der Waals surface area (Å²) >= 11 is 3.27. The predicted molar refractivity (Wildman–Crippen MR) is 83.8 cm³/mol. The predicted octanol–water partition coefficient (Wildman–Crippen LogP) is 3.16. The molecule has 0 fully saturated rings. The van der Waals surface area contributed by atoms with Gasteiger partial charge in [-0.05, 0) is 39.2 Å². The van der Waals surface area contributed by atoms with Gasteiger partial charge in [0, 0.05) is 6.54 Å². The van der Waals surface area contributed by atoms with Crippen LogP contribution in [0.2, 0.25) is 0 Å². The minimum atomic E-state index is -0.524. The number of ether oxygens (including phenoxy) is 1.